The third-order valence-corrected chi connectivity index (χ3v) is 0.871. The lowest BCUT2D eigenvalue weighted by Crippen LogP contribution is -1.98. The van der Waals surface area contributed by atoms with E-state index in [-0.39, 0.29) is 11.5 Å². The first-order valence-electron chi connectivity index (χ1n) is 2.83. The Morgan fingerprint density at radius 3 is 3.00 bits per heavy atom. The van der Waals surface area contributed by atoms with Crippen molar-refractivity contribution in [3.63, 3.8) is 0 Å². The van der Waals surface area contributed by atoms with E-state index in [1.807, 2.05) is 0 Å². The second-order valence-corrected chi connectivity index (χ2v) is 1.62. The van der Waals surface area contributed by atoms with Crippen LogP contribution in [0.3, 0.4) is 0 Å². The van der Waals surface area contributed by atoms with E-state index in [1.54, 1.807) is 17.8 Å². The summed E-state index contributed by atoms with van der Waals surface area (Å²) in [5.41, 5.74) is -0.229. The van der Waals surface area contributed by atoms with Crippen LogP contribution in [0, 0.1) is 0 Å². The molecule has 0 aromatic carbocycles. The van der Waals surface area contributed by atoms with Gasteiger partial charge in [0, 0.05) is 31.6 Å². The molecule has 0 bridgehead atoms. The van der Waals surface area contributed by atoms with E-state index in [2.05, 4.69) is 0 Å². The third kappa shape index (κ3) is 0.964. The minimum atomic E-state index is -0.229. The molecule has 1 aromatic heterocycles. The molecule has 0 fully saturated rings. The maximum atomic E-state index is 10.6. The van der Waals surface area contributed by atoms with Crippen LogP contribution in [0.4, 0.5) is 0 Å². The van der Waals surface area contributed by atoms with Crippen LogP contribution in [-0.2, 0) is 7.05 Å². The van der Waals surface area contributed by atoms with Crippen LogP contribution in [0.5, 0.6) is 0 Å². The van der Waals surface area contributed by atoms with Crippen LogP contribution >= 0.6 is 0 Å². The molecule has 0 radical (unpaired) electrons. The Bertz CT molecular complexity index is 266. The van der Waals surface area contributed by atoms with E-state index in [4.69, 9.17) is 1.37 Å². The Morgan fingerprint density at radius 2 is 2.50 bits per heavy atom. The van der Waals surface area contributed by atoms with Crippen molar-refractivity contribution in [1.82, 2.24) is 4.57 Å². The minimum Gasteiger partial charge on any atom is -0.357 e. The molecule has 0 aliphatic heterocycles. The Balaban J connectivity index is 3.34. The highest BCUT2D eigenvalue weighted by molar-refractivity contribution is 4.92. The number of nitrogens with zero attached hydrogens (tertiary/aromatic N) is 1. The van der Waals surface area contributed by atoms with Crippen LogP contribution in [0.25, 0.3) is 0 Å². The summed E-state index contributed by atoms with van der Waals surface area (Å²) in [7, 11) is 1.78. The fraction of sp³-hybridized carbons (Fsp3) is 0.167. The molecule has 2 heteroatoms. The van der Waals surface area contributed by atoms with Gasteiger partial charge in [0.25, 0.3) is 0 Å². The summed E-state index contributed by atoms with van der Waals surface area (Å²) < 4.78 is 8.70. The molecular weight excluding hydrogens is 102 g/mol. The monoisotopic (exact) mass is 110 g/mol. The van der Waals surface area contributed by atoms with Crippen LogP contribution < -0.4 is 5.43 Å². The van der Waals surface area contributed by atoms with Gasteiger partial charge in [0.05, 0.1) is 1.37 Å². The van der Waals surface area contributed by atoms with Gasteiger partial charge in [-0.1, -0.05) is 0 Å². The SMILES string of the molecule is [2H]c1cn(C)ccc1=O. The molecule has 0 aliphatic carbocycles. The highest BCUT2D eigenvalue weighted by atomic mass is 16.1. The van der Waals surface area contributed by atoms with E-state index in [0.717, 1.165) is 0 Å². The van der Waals surface area contributed by atoms with E-state index in [9.17, 15) is 4.79 Å². The van der Waals surface area contributed by atoms with Crippen molar-refractivity contribution in [3.05, 3.63) is 34.7 Å². The number of hydrogen-bond donors (Lipinski definition) is 0. The summed E-state index contributed by atoms with van der Waals surface area (Å²) in [6, 6.07) is 1.42. The van der Waals surface area contributed by atoms with Gasteiger partial charge >= 0.3 is 0 Å². The summed E-state index contributed by atoms with van der Waals surface area (Å²) >= 11 is 0. The Hall–Kier alpha value is -1.05. The summed E-state index contributed by atoms with van der Waals surface area (Å²) in [5, 5.41) is 0. The third-order valence-electron chi connectivity index (χ3n) is 0.871. The molecule has 1 aromatic rings. The van der Waals surface area contributed by atoms with Gasteiger partial charge in [-0.2, -0.15) is 0 Å². The van der Waals surface area contributed by atoms with Gasteiger partial charge in [0.1, 0.15) is 0 Å². The lowest BCUT2D eigenvalue weighted by atomic mass is 10.5. The topological polar surface area (TPSA) is 22.0 Å². The van der Waals surface area contributed by atoms with Crippen molar-refractivity contribution in [2.24, 2.45) is 7.05 Å². The van der Waals surface area contributed by atoms with Crippen molar-refractivity contribution in [2.75, 3.05) is 0 Å². The highest BCUT2D eigenvalue weighted by Gasteiger charge is 1.76. The van der Waals surface area contributed by atoms with Crippen molar-refractivity contribution in [2.45, 2.75) is 0 Å². The average Bonchev–Trinajstić information content (AvgIpc) is 1.80. The number of pyridine rings is 1. The highest BCUT2D eigenvalue weighted by Crippen LogP contribution is 1.73. The summed E-state index contributed by atoms with van der Waals surface area (Å²) in [4.78, 5) is 10.6. The second kappa shape index (κ2) is 1.82. The molecular formula is C6H7NO. The molecule has 1 rings (SSSR count). The number of rotatable bonds is 0. The number of aryl methyl sites for hydroxylation is 1. The average molecular weight is 110 g/mol. The molecule has 2 nitrogen and oxygen atoms in total. The lowest BCUT2D eigenvalue weighted by molar-refractivity contribution is 0.900. The summed E-state index contributed by atoms with van der Waals surface area (Å²) in [5.74, 6) is 0. The van der Waals surface area contributed by atoms with Gasteiger partial charge < -0.3 is 4.57 Å². The van der Waals surface area contributed by atoms with Gasteiger partial charge in [-0.05, 0) is 0 Å². The summed E-state index contributed by atoms with van der Waals surface area (Å²) in [6.07, 6.45) is 3.10. The van der Waals surface area contributed by atoms with E-state index >= 15 is 0 Å². The molecule has 0 saturated carbocycles. The Kier molecular flexibility index (Phi) is 0.886. The first kappa shape index (κ1) is 3.89. The van der Waals surface area contributed by atoms with Gasteiger partial charge in [-0.3, -0.25) is 4.79 Å². The normalized spacial score (nSPS) is 10.9. The molecule has 1 heterocycles. The second-order valence-electron chi connectivity index (χ2n) is 1.62. The van der Waals surface area contributed by atoms with Crippen molar-refractivity contribution >= 4 is 0 Å². The predicted molar refractivity (Wildman–Crippen MR) is 31.7 cm³/mol. The van der Waals surface area contributed by atoms with E-state index < -0.39 is 0 Å². The largest absolute Gasteiger partial charge is 0.357 e. The maximum Gasteiger partial charge on any atom is 0.181 e. The molecule has 0 amide bonds. The summed E-state index contributed by atoms with van der Waals surface area (Å²) in [6.45, 7) is 0. The molecule has 0 N–H and O–H groups in total. The van der Waals surface area contributed by atoms with Gasteiger partial charge in [-0.25, -0.2) is 0 Å². The fourth-order valence-electron chi connectivity index (χ4n) is 0.442. The van der Waals surface area contributed by atoms with Crippen LogP contribution in [-0.4, -0.2) is 4.57 Å². The molecule has 0 atom stereocenters. The van der Waals surface area contributed by atoms with Crippen molar-refractivity contribution in [1.29, 1.82) is 0 Å². The zero-order valence-corrected chi connectivity index (χ0v) is 4.59. The molecule has 0 saturated heterocycles. The van der Waals surface area contributed by atoms with Crippen molar-refractivity contribution < 1.29 is 1.37 Å². The van der Waals surface area contributed by atoms with Gasteiger partial charge in [-0.15, -0.1) is 0 Å². The fourth-order valence-corrected chi connectivity index (χ4v) is 0.442. The minimum absolute atomic E-state index is 0.0417. The van der Waals surface area contributed by atoms with Crippen LogP contribution in [0.1, 0.15) is 1.37 Å². The van der Waals surface area contributed by atoms with Crippen LogP contribution in [0.15, 0.2) is 29.3 Å². The number of hydrogen-bond acceptors (Lipinski definition) is 1. The molecule has 0 unspecified atom stereocenters. The first-order valence-corrected chi connectivity index (χ1v) is 2.33. The zero-order valence-electron chi connectivity index (χ0n) is 5.59. The predicted octanol–water partition coefficient (Wildman–Crippen LogP) is 0.385. The Morgan fingerprint density at radius 1 is 1.75 bits per heavy atom. The Labute approximate surface area is 48.8 Å². The zero-order chi connectivity index (χ0) is 6.85. The lowest BCUT2D eigenvalue weighted by Gasteiger charge is -1.89. The van der Waals surface area contributed by atoms with Crippen LogP contribution in [0.2, 0.25) is 0 Å². The molecule has 0 aliphatic rings. The van der Waals surface area contributed by atoms with Gasteiger partial charge in [0.15, 0.2) is 5.43 Å². The standard InChI is InChI=1S/C6H7NO/c1-7-4-2-6(8)3-5-7/h2-5H,1H3/i2D. The number of aromatic nitrogens is 1. The molecule has 42 valence electrons. The maximum absolute atomic E-state index is 10.6. The molecule has 8 heavy (non-hydrogen) atoms. The molecule has 0 spiro atoms. The van der Waals surface area contributed by atoms with Gasteiger partial charge in [0.2, 0.25) is 0 Å². The van der Waals surface area contributed by atoms with E-state index in [0.29, 0.717) is 0 Å². The first-order chi connectivity index (χ1) is 4.20. The van der Waals surface area contributed by atoms with E-state index in [1.165, 1.54) is 12.3 Å². The van der Waals surface area contributed by atoms with Crippen molar-refractivity contribution in [3.8, 4) is 0 Å². The quantitative estimate of drug-likeness (QED) is 0.473. The smallest absolute Gasteiger partial charge is 0.181 e.